The van der Waals surface area contributed by atoms with Gasteiger partial charge in [-0.3, -0.25) is 4.79 Å². The Morgan fingerprint density at radius 2 is 2.20 bits per heavy atom. The van der Waals surface area contributed by atoms with Gasteiger partial charge in [-0.2, -0.15) is 0 Å². The first kappa shape index (κ1) is 17.0. The normalized spacial score (nSPS) is 11.9. The Hall–Kier alpha value is -2.87. The molecule has 0 saturated heterocycles. The summed E-state index contributed by atoms with van der Waals surface area (Å²) in [5, 5.41) is 8.61. The first-order valence-electron chi connectivity index (χ1n) is 7.86. The van der Waals surface area contributed by atoms with Gasteiger partial charge < -0.3 is 20.4 Å². The van der Waals surface area contributed by atoms with Gasteiger partial charge in [-0.05, 0) is 18.6 Å². The van der Waals surface area contributed by atoms with E-state index in [4.69, 9.17) is 4.74 Å². The molecule has 2 heterocycles. The average Bonchev–Trinajstić information content (AvgIpc) is 3.25. The van der Waals surface area contributed by atoms with Gasteiger partial charge in [-0.15, -0.1) is 11.3 Å². The summed E-state index contributed by atoms with van der Waals surface area (Å²) in [6.07, 6.45) is 3.16. The molecule has 25 heavy (non-hydrogen) atoms. The smallest absolute Gasteiger partial charge is 0.407 e. The largest absolute Gasteiger partial charge is 0.450 e. The van der Waals surface area contributed by atoms with E-state index in [-0.39, 0.29) is 12.5 Å². The van der Waals surface area contributed by atoms with Crippen molar-refractivity contribution < 1.29 is 14.3 Å². The number of fused-ring (bicyclic) bond motifs is 1. The van der Waals surface area contributed by atoms with Crippen LogP contribution >= 0.6 is 11.3 Å². The van der Waals surface area contributed by atoms with E-state index in [9.17, 15) is 9.59 Å². The number of alkyl carbamates (subject to hydrolysis) is 1. The van der Waals surface area contributed by atoms with Crippen LogP contribution in [-0.4, -0.2) is 34.6 Å². The van der Waals surface area contributed by atoms with E-state index < -0.39 is 12.1 Å². The Morgan fingerprint density at radius 1 is 1.36 bits per heavy atom. The maximum absolute atomic E-state index is 12.6. The summed E-state index contributed by atoms with van der Waals surface area (Å²) in [6, 6.07) is 7.03. The zero-order valence-corrected chi connectivity index (χ0v) is 14.4. The van der Waals surface area contributed by atoms with Crippen LogP contribution in [0.3, 0.4) is 0 Å². The minimum atomic E-state index is -0.776. The molecular formula is C17H18N4O3S. The number of aromatic nitrogens is 2. The summed E-state index contributed by atoms with van der Waals surface area (Å²) < 4.78 is 4.91. The maximum Gasteiger partial charge on any atom is 0.407 e. The van der Waals surface area contributed by atoms with Crippen molar-refractivity contribution in [2.45, 2.75) is 19.4 Å². The van der Waals surface area contributed by atoms with E-state index in [0.29, 0.717) is 11.6 Å². The molecule has 0 aliphatic carbocycles. The van der Waals surface area contributed by atoms with Gasteiger partial charge in [0.2, 0.25) is 5.91 Å². The lowest BCUT2D eigenvalue weighted by Gasteiger charge is -2.17. The molecule has 0 bridgehead atoms. The number of hydrogen-bond donors (Lipinski definition) is 3. The van der Waals surface area contributed by atoms with Gasteiger partial charge in [0.25, 0.3) is 0 Å². The standard InChI is InChI=1S/C17H18N4O3S/c1-2-24-17(23)20-14(15(22)21-16-18-7-8-25-16)9-11-10-19-13-6-4-3-5-12(11)13/h3-8,10,14,19H,2,9H2,1H3,(H,20,23)(H,18,21,22)/t14-/m1/s1. The Bertz CT molecular complexity index is 860. The molecule has 0 spiro atoms. The second-order valence-corrected chi connectivity index (χ2v) is 6.20. The van der Waals surface area contributed by atoms with Crippen LogP contribution in [-0.2, 0) is 16.0 Å². The highest BCUT2D eigenvalue weighted by Crippen LogP contribution is 2.20. The Morgan fingerprint density at radius 3 is 2.96 bits per heavy atom. The number of para-hydroxylation sites is 1. The third-order valence-corrected chi connectivity index (χ3v) is 4.33. The van der Waals surface area contributed by atoms with Crippen LogP contribution in [0.4, 0.5) is 9.93 Å². The van der Waals surface area contributed by atoms with Crippen LogP contribution in [0.1, 0.15) is 12.5 Å². The zero-order chi connectivity index (χ0) is 17.6. The van der Waals surface area contributed by atoms with Gasteiger partial charge in [-0.1, -0.05) is 18.2 Å². The molecule has 0 aliphatic rings. The fourth-order valence-corrected chi connectivity index (χ4v) is 3.05. The molecule has 3 N–H and O–H groups in total. The van der Waals surface area contributed by atoms with Crippen LogP contribution < -0.4 is 10.6 Å². The number of amides is 2. The van der Waals surface area contributed by atoms with Crippen molar-refractivity contribution in [3.8, 4) is 0 Å². The Kier molecular flexibility index (Phi) is 5.30. The van der Waals surface area contributed by atoms with E-state index >= 15 is 0 Å². The number of ether oxygens (including phenoxy) is 1. The average molecular weight is 358 g/mol. The number of nitrogens with zero attached hydrogens (tertiary/aromatic N) is 1. The SMILES string of the molecule is CCOC(=O)N[C@H](Cc1c[nH]c2ccccc12)C(=O)Nc1nccs1. The van der Waals surface area contributed by atoms with Crippen LogP contribution in [0, 0.1) is 0 Å². The molecule has 3 rings (SSSR count). The molecule has 0 aliphatic heterocycles. The van der Waals surface area contributed by atoms with Gasteiger partial charge in [0.05, 0.1) is 6.61 Å². The first-order chi connectivity index (χ1) is 12.2. The van der Waals surface area contributed by atoms with E-state index in [1.807, 2.05) is 30.5 Å². The predicted octanol–water partition coefficient (Wildman–Crippen LogP) is 2.92. The molecule has 0 saturated carbocycles. The summed E-state index contributed by atoms with van der Waals surface area (Å²) in [5.74, 6) is -0.340. The first-order valence-corrected chi connectivity index (χ1v) is 8.74. The summed E-state index contributed by atoms with van der Waals surface area (Å²) >= 11 is 1.32. The highest BCUT2D eigenvalue weighted by Gasteiger charge is 2.23. The van der Waals surface area contributed by atoms with Crippen LogP contribution in [0.5, 0.6) is 0 Å². The molecule has 1 aromatic carbocycles. The summed E-state index contributed by atoms with van der Waals surface area (Å²) in [4.78, 5) is 31.6. The summed E-state index contributed by atoms with van der Waals surface area (Å²) in [7, 11) is 0. The molecule has 0 radical (unpaired) electrons. The van der Waals surface area contributed by atoms with Gasteiger partial charge in [0, 0.05) is 35.1 Å². The molecule has 8 heteroatoms. The molecule has 0 unspecified atom stereocenters. The van der Waals surface area contributed by atoms with E-state index in [0.717, 1.165) is 16.5 Å². The lowest BCUT2D eigenvalue weighted by molar-refractivity contribution is -0.118. The van der Waals surface area contributed by atoms with Gasteiger partial charge in [-0.25, -0.2) is 9.78 Å². The van der Waals surface area contributed by atoms with Crippen molar-refractivity contribution in [2.75, 3.05) is 11.9 Å². The zero-order valence-electron chi connectivity index (χ0n) is 13.6. The highest BCUT2D eigenvalue weighted by atomic mass is 32.1. The number of nitrogens with one attached hydrogen (secondary N) is 3. The van der Waals surface area contributed by atoms with E-state index in [1.54, 1.807) is 18.5 Å². The number of hydrogen-bond acceptors (Lipinski definition) is 5. The Balaban J connectivity index is 1.79. The quantitative estimate of drug-likeness (QED) is 0.631. The monoisotopic (exact) mass is 358 g/mol. The van der Waals surface area contributed by atoms with Crippen molar-refractivity contribution in [1.82, 2.24) is 15.3 Å². The fourth-order valence-electron chi connectivity index (χ4n) is 2.52. The van der Waals surface area contributed by atoms with E-state index in [1.165, 1.54) is 11.3 Å². The van der Waals surface area contributed by atoms with Crippen molar-refractivity contribution >= 4 is 39.4 Å². The van der Waals surface area contributed by atoms with Gasteiger partial charge in [0.1, 0.15) is 6.04 Å². The molecule has 3 aromatic rings. The molecule has 0 fully saturated rings. The van der Waals surface area contributed by atoms with Gasteiger partial charge >= 0.3 is 6.09 Å². The van der Waals surface area contributed by atoms with Crippen molar-refractivity contribution in [2.24, 2.45) is 0 Å². The fraction of sp³-hybridized carbons (Fsp3) is 0.235. The van der Waals surface area contributed by atoms with Crippen molar-refractivity contribution in [3.05, 3.63) is 47.6 Å². The topological polar surface area (TPSA) is 96.1 Å². The second-order valence-electron chi connectivity index (χ2n) is 5.31. The lowest BCUT2D eigenvalue weighted by Crippen LogP contribution is -2.45. The molecule has 7 nitrogen and oxygen atoms in total. The number of carbonyl (C=O) groups is 2. The number of benzene rings is 1. The van der Waals surface area contributed by atoms with Gasteiger partial charge in [0.15, 0.2) is 5.13 Å². The minimum Gasteiger partial charge on any atom is -0.450 e. The molecule has 2 aromatic heterocycles. The maximum atomic E-state index is 12.6. The number of aromatic amines is 1. The number of H-pyrrole nitrogens is 1. The Labute approximate surface area is 148 Å². The highest BCUT2D eigenvalue weighted by molar-refractivity contribution is 7.13. The van der Waals surface area contributed by atoms with E-state index in [2.05, 4.69) is 20.6 Å². The van der Waals surface area contributed by atoms with Crippen molar-refractivity contribution in [1.29, 1.82) is 0 Å². The number of carbonyl (C=O) groups excluding carboxylic acids is 2. The second kappa shape index (κ2) is 7.80. The van der Waals surface area contributed by atoms with Crippen LogP contribution in [0.15, 0.2) is 42.0 Å². The third kappa shape index (κ3) is 4.16. The lowest BCUT2D eigenvalue weighted by atomic mass is 10.0. The molecular weight excluding hydrogens is 340 g/mol. The summed E-state index contributed by atoms with van der Waals surface area (Å²) in [5.41, 5.74) is 1.92. The molecule has 2 amide bonds. The number of anilines is 1. The third-order valence-electron chi connectivity index (χ3n) is 3.65. The number of rotatable bonds is 6. The number of thiazole rings is 1. The molecule has 130 valence electrons. The van der Waals surface area contributed by atoms with Crippen LogP contribution in [0.2, 0.25) is 0 Å². The van der Waals surface area contributed by atoms with Crippen LogP contribution in [0.25, 0.3) is 10.9 Å². The molecule has 1 atom stereocenters. The minimum absolute atomic E-state index is 0.236. The van der Waals surface area contributed by atoms with Crippen molar-refractivity contribution in [3.63, 3.8) is 0 Å². The summed E-state index contributed by atoms with van der Waals surface area (Å²) in [6.45, 7) is 1.95. The predicted molar refractivity (Wildman–Crippen MR) is 96.7 cm³/mol.